The quantitative estimate of drug-likeness (QED) is 0.861. The molecule has 0 heterocycles. The van der Waals surface area contributed by atoms with E-state index in [4.69, 9.17) is 11.6 Å². The van der Waals surface area contributed by atoms with Crippen LogP contribution in [0.1, 0.15) is 43.8 Å². The summed E-state index contributed by atoms with van der Waals surface area (Å²) in [5.74, 6) is 0. The van der Waals surface area contributed by atoms with Gasteiger partial charge < -0.3 is 5.11 Å². The lowest BCUT2D eigenvalue weighted by Crippen LogP contribution is -2.30. The van der Waals surface area contributed by atoms with Crippen molar-refractivity contribution in [2.24, 2.45) is 5.41 Å². The van der Waals surface area contributed by atoms with Gasteiger partial charge in [0, 0.05) is 4.47 Å². The number of rotatable bonds is 2. The van der Waals surface area contributed by atoms with Crippen molar-refractivity contribution in [3.05, 3.63) is 33.3 Å². The van der Waals surface area contributed by atoms with E-state index in [1.807, 2.05) is 0 Å². The van der Waals surface area contributed by atoms with Crippen molar-refractivity contribution in [1.29, 1.82) is 5.26 Å². The van der Waals surface area contributed by atoms with Crippen molar-refractivity contribution < 1.29 is 5.11 Å². The summed E-state index contributed by atoms with van der Waals surface area (Å²) in [5, 5.41) is 20.6. The molecule has 2 rings (SSSR count). The fourth-order valence-electron chi connectivity index (χ4n) is 2.63. The maximum atomic E-state index is 10.5. The maximum Gasteiger partial charge on any atom is 0.0976 e. The number of aliphatic hydroxyl groups excluding tert-OH is 1. The molecule has 0 amide bonds. The Morgan fingerprint density at radius 3 is 2.56 bits per heavy atom. The molecular weight excluding hydrogens is 314 g/mol. The predicted octanol–water partition coefficient (Wildman–Crippen LogP) is 4.61. The van der Waals surface area contributed by atoms with Gasteiger partial charge in [0.25, 0.3) is 0 Å². The van der Waals surface area contributed by atoms with Crippen molar-refractivity contribution >= 4 is 27.5 Å². The van der Waals surface area contributed by atoms with E-state index in [2.05, 4.69) is 22.0 Å². The minimum atomic E-state index is -0.739. The molecule has 0 spiro atoms. The Bertz CT molecular complexity index is 477. The third-order valence-electron chi connectivity index (χ3n) is 3.75. The molecule has 1 saturated carbocycles. The van der Waals surface area contributed by atoms with Crippen molar-refractivity contribution in [3.63, 3.8) is 0 Å². The molecule has 1 aromatic rings. The molecule has 1 aromatic carbocycles. The number of benzene rings is 1. The number of nitrogens with zero attached hydrogens (tertiary/aromatic N) is 1. The summed E-state index contributed by atoms with van der Waals surface area (Å²) in [4.78, 5) is 0. The zero-order valence-corrected chi connectivity index (χ0v) is 12.3. The standard InChI is InChI=1S/C14H15BrClNO/c15-11-8-10(4-5-12(11)16)13(18)14(9-17)6-2-1-3-7-14/h4-5,8,13,18H,1-3,6-7H2. The van der Waals surface area contributed by atoms with Crippen LogP contribution in [-0.2, 0) is 0 Å². The second kappa shape index (κ2) is 5.61. The smallest absolute Gasteiger partial charge is 0.0976 e. The maximum absolute atomic E-state index is 10.5. The molecule has 2 nitrogen and oxygen atoms in total. The first-order valence-corrected chi connectivity index (χ1v) is 7.30. The Kier molecular flexibility index (Phi) is 4.32. The number of hydrogen-bond donors (Lipinski definition) is 1. The van der Waals surface area contributed by atoms with Crippen molar-refractivity contribution in [2.75, 3.05) is 0 Å². The lowest BCUT2D eigenvalue weighted by Gasteiger charge is -2.35. The van der Waals surface area contributed by atoms with Gasteiger partial charge in [-0.2, -0.15) is 5.26 Å². The number of halogens is 2. The molecule has 0 aliphatic heterocycles. The summed E-state index contributed by atoms with van der Waals surface area (Å²) >= 11 is 9.30. The Morgan fingerprint density at radius 2 is 2.00 bits per heavy atom. The first-order chi connectivity index (χ1) is 8.59. The normalized spacial score (nSPS) is 20.1. The molecule has 1 N–H and O–H groups in total. The van der Waals surface area contributed by atoms with Crippen LogP contribution in [0.3, 0.4) is 0 Å². The highest BCUT2D eigenvalue weighted by molar-refractivity contribution is 9.10. The van der Waals surface area contributed by atoms with E-state index in [9.17, 15) is 10.4 Å². The molecule has 0 aromatic heterocycles. The summed E-state index contributed by atoms with van der Waals surface area (Å²) in [7, 11) is 0. The average Bonchev–Trinajstić information content (AvgIpc) is 2.42. The molecule has 1 unspecified atom stereocenters. The van der Waals surface area contributed by atoms with Crippen molar-refractivity contribution in [3.8, 4) is 6.07 Å². The molecular formula is C14H15BrClNO. The van der Waals surface area contributed by atoms with Crippen LogP contribution in [0.5, 0.6) is 0 Å². The Balaban J connectivity index is 2.31. The van der Waals surface area contributed by atoms with Crippen molar-refractivity contribution in [2.45, 2.75) is 38.2 Å². The second-order valence-electron chi connectivity index (χ2n) is 4.90. The Morgan fingerprint density at radius 1 is 1.33 bits per heavy atom. The van der Waals surface area contributed by atoms with Crippen molar-refractivity contribution in [1.82, 2.24) is 0 Å². The summed E-state index contributed by atoms with van der Waals surface area (Å²) in [5.41, 5.74) is 0.126. The van der Waals surface area contributed by atoms with Gasteiger partial charge in [0.1, 0.15) is 0 Å². The fourth-order valence-corrected chi connectivity index (χ4v) is 3.14. The van der Waals surface area contributed by atoms with E-state index in [1.54, 1.807) is 18.2 Å². The summed E-state index contributed by atoms with van der Waals surface area (Å²) < 4.78 is 0.754. The van der Waals surface area contributed by atoms with Crippen LogP contribution in [0.25, 0.3) is 0 Å². The molecule has 1 aliphatic rings. The highest BCUT2D eigenvalue weighted by Gasteiger charge is 2.40. The van der Waals surface area contributed by atoms with E-state index in [0.29, 0.717) is 5.02 Å². The molecule has 18 heavy (non-hydrogen) atoms. The van der Waals surface area contributed by atoms with E-state index >= 15 is 0 Å². The zero-order valence-electron chi connectivity index (χ0n) is 10.00. The average molecular weight is 329 g/mol. The van der Waals surface area contributed by atoms with Crippen LogP contribution in [0.2, 0.25) is 5.02 Å². The molecule has 96 valence electrons. The van der Waals surface area contributed by atoms with Gasteiger partial charge in [0.05, 0.1) is 22.6 Å². The first kappa shape index (κ1) is 13.9. The minimum Gasteiger partial charge on any atom is -0.387 e. The van der Waals surface area contributed by atoms with Crippen LogP contribution >= 0.6 is 27.5 Å². The van der Waals surface area contributed by atoms with E-state index < -0.39 is 11.5 Å². The Hall–Kier alpha value is -0.560. The summed E-state index contributed by atoms with van der Waals surface area (Å²) in [6.07, 6.45) is 3.98. The van der Waals surface area contributed by atoms with E-state index in [0.717, 1.165) is 42.1 Å². The zero-order chi connectivity index (χ0) is 13.2. The van der Waals surface area contributed by atoms with Gasteiger partial charge in [-0.15, -0.1) is 0 Å². The van der Waals surface area contributed by atoms with Crippen LogP contribution in [0, 0.1) is 16.7 Å². The largest absolute Gasteiger partial charge is 0.387 e. The third kappa shape index (κ3) is 2.56. The van der Waals surface area contributed by atoms with Gasteiger partial charge in [0.2, 0.25) is 0 Å². The highest BCUT2D eigenvalue weighted by Crippen LogP contribution is 2.46. The SMILES string of the molecule is N#CC1(C(O)c2ccc(Cl)c(Br)c2)CCCCC1. The molecule has 1 atom stereocenters. The molecule has 1 aliphatic carbocycles. The van der Waals surface area contributed by atoms with Gasteiger partial charge in [0.15, 0.2) is 0 Å². The van der Waals surface area contributed by atoms with E-state index in [-0.39, 0.29) is 0 Å². The van der Waals surface area contributed by atoms with Crippen LogP contribution < -0.4 is 0 Å². The monoisotopic (exact) mass is 327 g/mol. The minimum absolute atomic E-state index is 0.612. The van der Waals surface area contributed by atoms with Crippen LogP contribution in [0.4, 0.5) is 0 Å². The number of hydrogen-bond acceptors (Lipinski definition) is 2. The summed E-state index contributed by atoms with van der Waals surface area (Å²) in [6.45, 7) is 0. The van der Waals surface area contributed by atoms with Gasteiger partial charge in [-0.05, 0) is 46.5 Å². The fraction of sp³-hybridized carbons (Fsp3) is 0.500. The second-order valence-corrected chi connectivity index (χ2v) is 6.17. The van der Waals surface area contributed by atoms with Gasteiger partial charge in [-0.3, -0.25) is 0 Å². The lowest BCUT2D eigenvalue weighted by molar-refractivity contribution is 0.0359. The van der Waals surface area contributed by atoms with Crippen LogP contribution in [0.15, 0.2) is 22.7 Å². The lowest BCUT2D eigenvalue weighted by atomic mass is 9.69. The topological polar surface area (TPSA) is 44.0 Å². The highest BCUT2D eigenvalue weighted by atomic mass is 79.9. The van der Waals surface area contributed by atoms with E-state index in [1.165, 1.54) is 0 Å². The first-order valence-electron chi connectivity index (χ1n) is 6.13. The number of aliphatic hydroxyl groups is 1. The molecule has 1 fully saturated rings. The summed E-state index contributed by atoms with van der Waals surface area (Å²) in [6, 6.07) is 7.70. The van der Waals surface area contributed by atoms with Gasteiger partial charge in [-0.1, -0.05) is 36.9 Å². The molecule has 0 bridgehead atoms. The van der Waals surface area contributed by atoms with Gasteiger partial charge >= 0.3 is 0 Å². The third-order valence-corrected chi connectivity index (χ3v) is 4.97. The van der Waals surface area contributed by atoms with Gasteiger partial charge in [-0.25, -0.2) is 0 Å². The number of nitriles is 1. The van der Waals surface area contributed by atoms with Crippen LogP contribution in [-0.4, -0.2) is 5.11 Å². The predicted molar refractivity (Wildman–Crippen MR) is 75.2 cm³/mol. The molecule has 0 radical (unpaired) electrons. The molecule has 0 saturated heterocycles. The molecule has 4 heteroatoms. The Labute approximate surface area is 121 Å².